The second kappa shape index (κ2) is 2.86. The van der Waals surface area contributed by atoms with E-state index in [9.17, 15) is 0 Å². The van der Waals surface area contributed by atoms with Gasteiger partial charge in [-0.05, 0) is 0 Å². The maximum absolute atomic E-state index is 3.74. The molecule has 1 aromatic carbocycles. The fourth-order valence-corrected chi connectivity index (χ4v) is 0.816. The Balaban J connectivity index is 2.98. The first-order chi connectivity index (χ1) is 4.30. The van der Waals surface area contributed by atoms with Gasteiger partial charge in [0.15, 0.2) is 0 Å². The molecule has 0 saturated carbocycles. The zero-order chi connectivity index (χ0) is 6.69. The van der Waals surface area contributed by atoms with Gasteiger partial charge in [0.05, 0.1) is 0 Å². The normalized spacial score (nSPS) is 9.00. The SMILES string of the molecule is C=[C]([Mn])c1ccccc1. The summed E-state index contributed by atoms with van der Waals surface area (Å²) in [6, 6.07) is 9.98. The van der Waals surface area contributed by atoms with Crippen LogP contribution in [0.1, 0.15) is 5.56 Å². The van der Waals surface area contributed by atoms with Crippen LogP contribution in [0, 0.1) is 0 Å². The van der Waals surface area contributed by atoms with Crippen LogP contribution in [0.3, 0.4) is 0 Å². The van der Waals surface area contributed by atoms with E-state index in [-0.39, 0.29) is 0 Å². The van der Waals surface area contributed by atoms with Gasteiger partial charge in [-0.25, -0.2) is 0 Å². The molecule has 1 heteroatoms. The molecule has 0 aliphatic rings. The first-order valence-electron chi connectivity index (χ1n) is 2.70. The molecule has 0 N–H and O–H groups in total. The summed E-state index contributed by atoms with van der Waals surface area (Å²) < 4.78 is 0.933. The summed E-state index contributed by atoms with van der Waals surface area (Å²) in [6.07, 6.45) is 0. The monoisotopic (exact) mass is 158 g/mol. The second-order valence-electron chi connectivity index (χ2n) is 1.77. The van der Waals surface area contributed by atoms with E-state index in [0.717, 1.165) is 10.0 Å². The van der Waals surface area contributed by atoms with Crippen LogP contribution in [-0.4, -0.2) is 0 Å². The fourth-order valence-electron chi connectivity index (χ4n) is 0.619. The van der Waals surface area contributed by atoms with Crippen LogP contribution in [0.25, 0.3) is 4.47 Å². The molecule has 1 aromatic rings. The minimum atomic E-state index is 0.933. The van der Waals surface area contributed by atoms with Crippen LogP contribution < -0.4 is 0 Å². The molecule has 0 bridgehead atoms. The Morgan fingerprint density at radius 3 is 2.11 bits per heavy atom. The molecule has 0 aliphatic carbocycles. The van der Waals surface area contributed by atoms with E-state index < -0.39 is 0 Å². The zero-order valence-corrected chi connectivity index (χ0v) is 6.15. The Kier molecular flexibility index (Phi) is 2.10. The molecule has 0 saturated heterocycles. The number of hydrogen-bond donors (Lipinski definition) is 0. The maximum atomic E-state index is 3.74. The van der Waals surface area contributed by atoms with E-state index in [2.05, 4.69) is 22.6 Å². The summed E-state index contributed by atoms with van der Waals surface area (Å²) in [5.74, 6) is 0. The average molecular weight is 158 g/mol. The molecular weight excluding hydrogens is 151 g/mol. The van der Waals surface area contributed by atoms with Crippen molar-refractivity contribution in [1.82, 2.24) is 0 Å². The second-order valence-corrected chi connectivity index (χ2v) is 2.48. The van der Waals surface area contributed by atoms with E-state index in [1.54, 1.807) is 0 Å². The Bertz CT molecular complexity index is 201. The molecule has 0 amide bonds. The van der Waals surface area contributed by atoms with Gasteiger partial charge in [0.1, 0.15) is 0 Å². The van der Waals surface area contributed by atoms with Crippen LogP contribution in [0.5, 0.6) is 0 Å². The summed E-state index contributed by atoms with van der Waals surface area (Å²) in [7, 11) is 0. The van der Waals surface area contributed by atoms with Gasteiger partial charge in [-0.1, -0.05) is 0 Å². The van der Waals surface area contributed by atoms with Crippen molar-refractivity contribution in [3.8, 4) is 0 Å². The van der Waals surface area contributed by atoms with Gasteiger partial charge in [-0.2, -0.15) is 0 Å². The van der Waals surface area contributed by atoms with Crippen molar-refractivity contribution in [1.29, 1.82) is 0 Å². The van der Waals surface area contributed by atoms with Gasteiger partial charge < -0.3 is 0 Å². The fraction of sp³-hybridized carbons (Fsp3) is 0. The van der Waals surface area contributed by atoms with E-state index in [4.69, 9.17) is 0 Å². The van der Waals surface area contributed by atoms with Crippen molar-refractivity contribution in [2.45, 2.75) is 0 Å². The molecule has 0 aliphatic heterocycles. The molecule has 0 fully saturated rings. The molecule has 0 radical (unpaired) electrons. The van der Waals surface area contributed by atoms with Gasteiger partial charge in [-0.15, -0.1) is 0 Å². The first-order valence-corrected chi connectivity index (χ1v) is 3.29. The van der Waals surface area contributed by atoms with E-state index in [0.29, 0.717) is 0 Å². The van der Waals surface area contributed by atoms with Crippen LogP contribution in [0.15, 0.2) is 36.9 Å². The van der Waals surface area contributed by atoms with Crippen molar-refractivity contribution < 1.29 is 16.0 Å². The third kappa shape index (κ3) is 1.70. The molecule has 0 aromatic heterocycles. The number of rotatable bonds is 1. The van der Waals surface area contributed by atoms with Crippen LogP contribution in [0.2, 0.25) is 0 Å². The quantitative estimate of drug-likeness (QED) is 0.549. The van der Waals surface area contributed by atoms with Gasteiger partial charge in [0.2, 0.25) is 0 Å². The summed E-state index contributed by atoms with van der Waals surface area (Å²) in [6.45, 7) is 3.74. The molecular formula is C8H7Mn. The van der Waals surface area contributed by atoms with Gasteiger partial charge >= 0.3 is 63.0 Å². The molecule has 0 heterocycles. The molecule has 1 rings (SSSR count). The van der Waals surface area contributed by atoms with Crippen LogP contribution >= 0.6 is 0 Å². The topological polar surface area (TPSA) is 0 Å². The first kappa shape index (κ1) is 6.60. The Morgan fingerprint density at radius 1 is 1.22 bits per heavy atom. The van der Waals surface area contributed by atoms with Gasteiger partial charge in [0.25, 0.3) is 0 Å². The summed E-state index contributed by atoms with van der Waals surface area (Å²) in [5.41, 5.74) is 1.14. The third-order valence-corrected chi connectivity index (χ3v) is 1.43. The number of hydrogen-bond acceptors (Lipinski definition) is 0. The van der Waals surface area contributed by atoms with E-state index >= 15 is 0 Å². The average Bonchev–Trinajstić information content (AvgIpc) is 1.90. The van der Waals surface area contributed by atoms with E-state index in [1.807, 2.05) is 30.3 Å². The summed E-state index contributed by atoms with van der Waals surface area (Å²) in [5, 5.41) is 0. The molecule has 0 atom stereocenters. The van der Waals surface area contributed by atoms with E-state index in [1.165, 1.54) is 0 Å². The zero-order valence-electron chi connectivity index (χ0n) is 4.97. The molecule has 0 spiro atoms. The van der Waals surface area contributed by atoms with Gasteiger partial charge in [-0.3, -0.25) is 0 Å². The minimum absolute atomic E-state index is 0.933. The molecule has 9 heavy (non-hydrogen) atoms. The standard InChI is InChI=1S/C8H7.Mn/c1-2-8-6-4-3-5-7-8;/h3-7H,1H2;. The van der Waals surface area contributed by atoms with Gasteiger partial charge in [0, 0.05) is 0 Å². The van der Waals surface area contributed by atoms with Crippen LogP contribution in [-0.2, 0) is 16.0 Å². The van der Waals surface area contributed by atoms with Crippen molar-refractivity contribution in [3.63, 3.8) is 0 Å². The summed E-state index contributed by atoms with van der Waals surface area (Å²) in [4.78, 5) is 0. The molecule has 0 unspecified atom stereocenters. The third-order valence-electron chi connectivity index (χ3n) is 1.09. The molecule has 46 valence electrons. The van der Waals surface area contributed by atoms with Crippen molar-refractivity contribution >= 4 is 4.47 Å². The number of benzene rings is 1. The Hall–Kier alpha value is -0.521. The van der Waals surface area contributed by atoms with Crippen molar-refractivity contribution in [3.05, 3.63) is 42.5 Å². The van der Waals surface area contributed by atoms with Crippen molar-refractivity contribution in [2.24, 2.45) is 0 Å². The molecule has 0 nitrogen and oxygen atoms in total. The summed E-state index contributed by atoms with van der Waals surface area (Å²) >= 11 is 3.29. The predicted molar refractivity (Wildman–Crippen MR) is 35.5 cm³/mol. The Labute approximate surface area is 63.4 Å². The van der Waals surface area contributed by atoms with Crippen LogP contribution in [0.4, 0.5) is 0 Å². The van der Waals surface area contributed by atoms with Crippen molar-refractivity contribution in [2.75, 3.05) is 0 Å². The predicted octanol–water partition coefficient (Wildman–Crippen LogP) is 2.20. The Morgan fingerprint density at radius 2 is 1.78 bits per heavy atom.